The van der Waals surface area contributed by atoms with Crippen molar-refractivity contribution < 1.29 is 28.6 Å². The van der Waals surface area contributed by atoms with E-state index in [1.807, 2.05) is 6.07 Å². The molecule has 0 aromatic heterocycles. The molecule has 1 aliphatic carbocycles. The van der Waals surface area contributed by atoms with Crippen LogP contribution in [0, 0.1) is 0 Å². The predicted molar refractivity (Wildman–Crippen MR) is 95.0 cm³/mol. The van der Waals surface area contributed by atoms with Gasteiger partial charge in [0.2, 0.25) is 0 Å². The van der Waals surface area contributed by atoms with Crippen LogP contribution in [0.25, 0.3) is 0 Å². The van der Waals surface area contributed by atoms with Gasteiger partial charge >= 0.3 is 17.9 Å². The van der Waals surface area contributed by atoms with E-state index < -0.39 is 29.7 Å². The van der Waals surface area contributed by atoms with E-state index in [2.05, 4.69) is 6.58 Å². The largest absolute Gasteiger partial charge is 0.460 e. The van der Waals surface area contributed by atoms with Gasteiger partial charge in [-0.1, -0.05) is 43.0 Å². The summed E-state index contributed by atoms with van der Waals surface area (Å²) in [5.74, 6) is -3.07. The van der Waals surface area contributed by atoms with Gasteiger partial charge in [0.1, 0.15) is 12.3 Å². The molecule has 1 unspecified atom stereocenters. The van der Waals surface area contributed by atoms with Gasteiger partial charge in [0, 0.05) is 19.9 Å². The maximum absolute atomic E-state index is 12.7. The first kappa shape index (κ1) is 18.7. The van der Waals surface area contributed by atoms with E-state index in [-0.39, 0.29) is 17.9 Å². The zero-order valence-corrected chi connectivity index (χ0v) is 15.3. The Hall–Kier alpha value is -3.09. The van der Waals surface area contributed by atoms with E-state index in [4.69, 9.17) is 14.2 Å². The lowest BCUT2D eigenvalue weighted by Crippen LogP contribution is -2.36. The third kappa shape index (κ3) is 3.72. The summed E-state index contributed by atoms with van der Waals surface area (Å²) in [7, 11) is 1.55. The molecule has 0 amide bonds. The molecule has 1 saturated carbocycles. The lowest BCUT2D eigenvalue weighted by Gasteiger charge is -2.29. The summed E-state index contributed by atoms with van der Waals surface area (Å²) < 4.78 is 15.9. The Morgan fingerprint density at radius 2 is 1.89 bits per heavy atom. The molecule has 1 spiro atoms. The minimum absolute atomic E-state index is 0.0202. The van der Waals surface area contributed by atoms with Crippen LogP contribution >= 0.6 is 0 Å². The summed E-state index contributed by atoms with van der Waals surface area (Å²) in [6.45, 7) is 5.04. The fraction of sp³-hybridized carbons (Fsp3) is 0.350. The van der Waals surface area contributed by atoms with Gasteiger partial charge in [0.25, 0.3) is 5.79 Å². The highest BCUT2D eigenvalue weighted by Crippen LogP contribution is 2.44. The van der Waals surface area contributed by atoms with Crippen LogP contribution in [0.4, 0.5) is 0 Å². The SMILES string of the molecule is C=CCOC(=O)C(c1ccccc1)N(C)C1=C(C)C(=O)OC2(CC2)OC1=O. The molecule has 2 aliphatic rings. The molecular weight excluding hydrogens is 350 g/mol. The Morgan fingerprint density at radius 1 is 1.26 bits per heavy atom. The lowest BCUT2D eigenvalue weighted by atomic mass is 10.0. The quantitative estimate of drug-likeness (QED) is 0.560. The molecule has 1 aliphatic heterocycles. The number of likely N-dealkylation sites (N-methyl/N-ethyl adjacent to an activating group) is 1. The average molecular weight is 371 g/mol. The zero-order chi connectivity index (χ0) is 19.6. The van der Waals surface area contributed by atoms with E-state index in [1.165, 1.54) is 17.9 Å². The van der Waals surface area contributed by atoms with Crippen LogP contribution in [0.3, 0.4) is 0 Å². The first-order valence-electron chi connectivity index (χ1n) is 8.61. The first-order valence-corrected chi connectivity index (χ1v) is 8.61. The van der Waals surface area contributed by atoms with Gasteiger partial charge in [-0.15, -0.1) is 0 Å². The van der Waals surface area contributed by atoms with E-state index in [0.717, 1.165) is 0 Å². The highest BCUT2D eigenvalue weighted by molar-refractivity contribution is 6.01. The maximum atomic E-state index is 12.7. The van der Waals surface area contributed by atoms with E-state index in [0.29, 0.717) is 18.4 Å². The van der Waals surface area contributed by atoms with Crippen molar-refractivity contribution in [1.82, 2.24) is 4.90 Å². The summed E-state index contributed by atoms with van der Waals surface area (Å²) in [6, 6.07) is 7.91. The average Bonchev–Trinajstić information content (AvgIpc) is 3.40. The van der Waals surface area contributed by atoms with Crippen molar-refractivity contribution in [1.29, 1.82) is 0 Å². The van der Waals surface area contributed by atoms with Crippen LogP contribution in [-0.2, 0) is 28.6 Å². The summed E-state index contributed by atoms with van der Waals surface area (Å²) in [4.78, 5) is 39.2. The zero-order valence-electron chi connectivity index (χ0n) is 15.3. The van der Waals surface area contributed by atoms with Gasteiger partial charge in [-0.05, 0) is 12.5 Å². The standard InChI is InChI=1S/C20H21NO6/c1-4-12-25-18(23)16(14-8-6-5-7-9-14)21(3)15-13(2)17(22)26-20(10-11-20)27-19(15)24/h4-9,16H,1,10-12H2,2-3H3. The first-order chi connectivity index (χ1) is 12.9. The molecule has 1 fully saturated rings. The maximum Gasteiger partial charge on any atom is 0.358 e. The molecule has 0 bridgehead atoms. The second-order valence-electron chi connectivity index (χ2n) is 6.51. The Morgan fingerprint density at radius 3 is 2.48 bits per heavy atom. The molecule has 142 valence electrons. The molecule has 0 N–H and O–H groups in total. The van der Waals surface area contributed by atoms with Crippen LogP contribution in [0.15, 0.2) is 54.3 Å². The Balaban J connectivity index is 1.99. The smallest absolute Gasteiger partial charge is 0.358 e. The molecule has 1 atom stereocenters. The number of nitrogens with zero attached hydrogens (tertiary/aromatic N) is 1. The normalized spacial score (nSPS) is 18.9. The third-order valence-corrected chi connectivity index (χ3v) is 4.49. The van der Waals surface area contributed by atoms with Crippen LogP contribution in [-0.4, -0.2) is 42.2 Å². The molecule has 1 heterocycles. The van der Waals surface area contributed by atoms with Crippen molar-refractivity contribution >= 4 is 17.9 Å². The van der Waals surface area contributed by atoms with Gasteiger partial charge in [-0.25, -0.2) is 14.4 Å². The second-order valence-corrected chi connectivity index (χ2v) is 6.51. The van der Waals surface area contributed by atoms with Gasteiger partial charge < -0.3 is 19.1 Å². The predicted octanol–water partition coefficient (Wildman–Crippen LogP) is 2.25. The van der Waals surface area contributed by atoms with Crippen molar-refractivity contribution in [3.8, 4) is 0 Å². The van der Waals surface area contributed by atoms with E-state index in [1.54, 1.807) is 31.3 Å². The number of carbonyl (C=O) groups excluding carboxylic acids is 3. The molecule has 3 rings (SSSR count). The van der Waals surface area contributed by atoms with Crippen LogP contribution in [0.1, 0.15) is 31.4 Å². The molecule has 1 aromatic carbocycles. The molecule has 27 heavy (non-hydrogen) atoms. The summed E-state index contributed by atoms with van der Waals surface area (Å²) in [5.41, 5.74) is 0.679. The number of benzene rings is 1. The fourth-order valence-corrected chi connectivity index (χ4v) is 2.95. The van der Waals surface area contributed by atoms with E-state index >= 15 is 0 Å². The highest BCUT2D eigenvalue weighted by Gasteiger charge is 2.54. The summed E-state index contributed by atoms with van der Waals surface area (Å²) in [5, 5.41) is 0. The van der Waals surface area contributed by atoms with Gasteiger partial charge in [-0.2, -0.15) is 0 Å². The van der Waals surface area contributed by atoms with Crippen molar-refractivity contribution in [2.75, 3.05) is 13.7 Å². The molecule has 7 heteroatoms. The summed E-state index contributed by atoms with van der Waals surface area (Å²) in [6.07, 6.45) is 2.40. The number of carbonyl (C=O) groups is 3. The van der Waals surface area contributed by atoms with Crippen LogP contribution in [0.2, 0.25) is 0 Å². The van der Waals surface area contributed by atoms with Crippen molar-refractivity contribution in [3.63, 3.8) is 0 Å². The second kappa shape index (κ2) is 7.26. The van der Waals surface area contributed by atoms with Crippen molar-refractivity contribution in [2.24, 2.45) is 0 Å². The van der Waals surface area contributed by atoms with Crippen LogP contribution in [0.5, 0.6) is 0 Å². The fourth-order valence-electron chi connectivity index (χ4n) is 2.95. The van der Waals surface area contributed by atoms with Crippen LogP contribution < -0.4 is 0 Å². The third-order valence-electron chi connectivity index (χ3n) is 4.49. The van der Waals surface area contributed by atoms with Gasteiger partial charge in [0.15, 0.2) is 6.04 Å². The molecule has 1 aromatic rings. The molecular formula is C20H21NO6. The number of hydrogen-bond donors (Lipinski definition) is 0. The van der Waals surface area contributed by atoms with E-state index in [9.17, 15) is 14.4 Å². The van der Waals surface area contributed by atoms with Crippen molar-refractivity contribution in [2.45, 2.75) is 31.6 Å². The number of rotatable bonds is 6. The monoisotopic (exact) mass is 371 g/mol. The van der Waals surface area contributed by atoms with Crippen molar-refractivity contribution in [3.05, 3.63) is 59.8 Å². The Kier molecular flexibility index (Phi) is 5.03. The topological polar surface area (TPSA) is 82.1 Å². The minimum Gasteiger partial charge on any atom is -0.460 e. The summed E-state index contributed by atoms with van der Waals surface area (Å²) >= 11 is 0. The molecule has 7 nitrogen and oxygen atoms in total. The lowest BCUT2D eigenvalue weighted by molar-refractivity contribution is -0.188. The number of hydrogen-bond acceptors (Lipinski definition) is 7. The minimum atomic E-state index is -1.16. The highest BCUT2D eigenvalue weighted by atomic mass is 16.7. The Bertz CT molecular complexity index is 809. The Labute approximate surface area is 157 Å². The molecule has 0 radical (unpaired) electrons. The number of ether oxygens (including phenoxy) is 3. The van der Waals surface area contributed by atoms with Gasteiger partial charge in [-0.3, -0.25) is 0 Å². The number of esters is 3. The molecule has 0 saturated heterocycles. The van der Waals surface area contributed by atoms with Gasteiger partial charge in [0.05, 0.1) is 5.57 Å².